The van der Waals surface area contributed by atoms with Gasteiger partial charge in [0.1, 0.15) is 36.0 Å². The van der Waals surface area contributed by atoms with Crippen molar-refractivity contribution in [1.29, 1.82) is 0 Å². The number of anilines is 1. The second-order valence-corrected chi connectivity index (χ2v) is 15.4. The Balaban J connectivity index is 1.52. The zero-order chi connectivity index (χ0) is 34.7. The minimum absolute atomic E-state index is 0.105. The fourth-order valence-electron chi connectivity index (χ4n) is 5.37. The summed E-state index contributed by atoms with van der Waals surface area (Å²) in [5.41, 5.74) is 4.03. The summed E-state index contributed by atoms with van der Waals surface area (Å²) in [6, 6.07) is -2.23. The summed E-state index contributed by atoms with van der Waals surface area (Å²) in [6.07, 6.45) is 1.53. The lowest BCUT2D eigenvalue weighted by Gasteiger charge is -2.29. The van der Waals surface area contributed by atoms with Crippen molar-refractivity contribution in [1.82, 2.24) is 29.7 Å². The number of ether oxygens (including phenoxy) is 4. The van der Waals surface area contributed by atoms with Crippen LogP contribution in [0.3, 0.4) is 0 Å². The zero-order valence-electron chi connectivity index (χ0n) is 28.0. The molecule has 2 aromatic rings. The number of carbonyl (C=O) groups excluding carboxylic acids is 2. The van der Waals surface area contributed by atoms with Crippen LogP contribution >= 0.6 is 7.67 Å². The highest BCUT2D eigenvalue weighted by Crippen LogP contribution is 2.44. The van der Waals surface area contributed by atoms with Gasteiger partial charge in [-0.3, -0.25) is 18.7 Å². The SMILES string of the molecule is COc1nc(N)nc2c1ncn2C1OC(COP(=O)(NC(C)C(=O)OCC(C)(C)C)NC(C)C(=O)OC2CCCCC2)C(O)C1(C)O. The number of imidazole rings is 1. The highest BCUT2D eigenvalue weighted by atomic mass is 31.2. The van der Waals surface area contributed by atoms with Crippen molar-refractivity contribution in [3.05, 3.63) is 6.33 Å². The normalized spacial score (nSPS) is 26.4. The molecule has 3 heterocycles. The maximum Gasteiger partial charge on any atom is 0.342 e. The number of nitrogens with one attached hydrogen (secondary N) is 2. The lowest BCUT2D eigenvalue weighted by molar-refractivity contribution is -0.152. The molecule has 0 spiro atoms. The average Bonchev–Trinajstić information content (AvgIpc) is 3.51. The molecule has 1 aliphatic heterocycles. The van der Waals surface area contributed by atoms with Crippen molar-refractivity contribution < 1.29 is 47.8 Å². The molecule has 6 N–H and O–H groups in total. The number of nitrogen functional groups attached to an aromatic ring is 1. The predicted molar refractivity (Wildman–Crippen MR) is 169 cm³/mol. The molecule has 1 saturated heterocycles. The standard InChI is InChI=1S/C29H48N7O10P/c1-16(24(38)43-14-28(3,4)5)34-47(41,35-17(2)25(39)45-18-11-9-8-10-12-18)44-13-19-21(37)29(6,40)26(46-19)36-15-31-20-22(36)32-27(30)33-23(20)42-7/h15-19,21,26,37,40H,8-14H2,1-7H3,(H2,30,32,33)(H2,34,35,41). The van der Waals surface area contributed by atoms with Gasteiger partial charge in [-0.05, 0) is 51.9 Å². The van der Waals surface area contributed by atoms with Gasteiger partial charge in [0.2, 0.25) is 11.8 Å². The summed E-state index contributed by atoms with van der Waals surface area (Å²) in [5, 5.41) is 27.8. The van der Waals surface area contributed by atoms with E-state index >= 15 is 0 Å². The van der Waals surface area contributed by atoms with E-state index in [2.05, 4.69) is 25.1 Å². The molecule has 1 aliphatic carbocycles. The van der Waals surface area contributed by atoms with Crippen molar-refractivity contribution in [2.75, 3.05) is 26.1 Å². The Bertz CT molecular complexity index is 1460. The molecule has 18 heteroatoms. The molecule has 0 aromatic carbocycles. The fourth-order valence-corrected chi connectivity index (χ4v) is 7.18. The molecule has 2 aliphatic rings. The van der Waals surface area contributed by atoms with Crippen LogP contribution in [0.4, 0.5) is 5.95 Å². The van der Waals surface area contributed by atoms with Crippen molar-refractivity contribution >= 4 is 36.7 Å². The topological polar surface area (TPSA) is 231 Å². The number of nitrogens with zero attached hydrogens (tertiary/aromatic N) is 4. The minimum Gasteiger partial charge on any atom is -0.479 e. The van der Waals surface area contributed by atoms with Gasteiger partial charge < -0.3 is 39.4 Å². The average molecular weight is 686 g/mol. The van der Waals surface area contributed by atoms with Crippen LogP contribution in [-0.4, -0.2) is 98.0 Å². The van der Waals surface area contributed by atoms with Gasteiger partial charge in [-0.15, -0.1) is 0 Å². The van der Waals surface area contributed by atoms with Gasteiger partial charge in [-0.2, -0.15) is 9.97 Å². The number of hydrogen-bond acceptors (Lipinski definition) is 14. The van der Waals surface area contributed by atoms with E-state index in [0.29, 0.717) is 0 Å². The lowest BCUT2D eigenvalue weighted by atomic mass is 9.96. The van der Waals surface area contributed by atoms with E-state index < -0.39 is 62.3 Å². The number of carbonyl (C=O) groups is 2. The van der Waals surface area contributed by atoms with E-state index in [1.54, 1.807) is 0 Å². The number of methoxy groups -OCH3 is 1. The van der Waals surface area contributed by atoms with Crippen molar-refractivity contribution in [2.24, 2.45) is 5.41 Å². The molecular formula is C29H48N7O10P. The van der Waals surface area contributed by atoms with Crippen LogP contribution in [-0.2, 0) is 32.9 Å². The zero-order valence-corrected chi connectivity index (χ0v) is 28.9. The first-order valence-corrected chi connectivity index (χ1v) is 17.3. The smallest absolute Gasteiger partial charge is 0.342 e. The molecule has 4 rings (SSSR count). The van der Waals surface area contributed by atoms with E-state index in [0.717, 1.165) is 32.1 Å². The Morgan fingerprint density at radius 3 is 2.43 bits per heavy atom. The summed E-state index contributed by atoms with van der Waals surface area (Å²) in [4.78, 5) is 38.2. The van der Waals surface area contributed by atoms with E-state index in [-0.39, 0.29) is 41.1 Å². The highest BCUT2D eigenvalue weighted by molar-refractivity contribution is 7.54. The molecule has 0 radical (unpaired) electrons. The van der Waals surface area contributed by atoms with Gasteiger partial charge >= 0.3 is 19.6 Å². The molecular weight excluding hydrogens is 637 g/mol. The van der Waals surface area contributed by atoms with Crippen molar-refractivity contribution in [2.45, 2.75) is 116 Å². The van der Waals surface area contributed by atoms with Gasteiger partial charge in [0.05, 0.1) is 26.7 Å². The monoisotopic (exact) mass is 685 g/mol. The summed E-state index contributed by atoms with van der Waals surface area (Å²) < 4.78 is 43.7. The van der Waals surface area contributed by atoms with Crippen LogP contribution in [0.2, 0.25) is 0 Å². The van der Waals surface area contributed by atoms with E-state index in [4.69, 9.17) is 29.2 Å². The van der Waals surface area contributed by atoms with Gasteiger partial charge in [-0.25, -0.2) is 15.2 Å². The molecule has 7 unspecified atom stereocenters. The summed E-state index contributed by atoms with van der Waals surface area (Å²) in [7, 11) is -2.87. The van der Waals surface area contributed by atoms with E-state index in [1.165, 1.54) is 38.8 Å². The number of fused-ring (bicyclic) bond motifs is 1. The van der Waals surface area contributed by atoms with Crippen LogP contribution in [0.15, 0.2) is 6.33 Å². The third kappa shape index (κ3) is 8.96. The van der Waals surface area contributed by atoms with Crippen molar-refractivity contribution in [3.8, 4) is 5.88 Å². The highest BCUT2D eigenvalue weighted by Gasteiger charge is 2.54. The van der Waals surface area contributed by atoms with E-state index in [1.807, 2.05) is 20.8 Å². The lowest BCUT2D eigenvalue weighted by Crippen LogP contribution is -2.46. The summed E-state index contributed by atoms with van der Waals surface area (Å²) in [6.45, 7) is 9.54. The van der Waals surface area contributed by atoms with Gasteiger partial charge in [-0.1, -0.05) is 27.2 Å². The first-order chi connectivity index (χ1) is 21.9. The second-order valence-electron chi connectivity index (χ2n) is 13.5. The van der Waals surface area contributed by atoms with E-state index in [9.17, 15) is 24.4 Å². The molecule has 264 valence electrons. The third-order valence-electron chi connectivity index (χ3n) is 7.94. The number of rotatable bonds is 13. The Hall–Kier alpha value is -2.92. The Morgan fingerprint density at radius 1 is 1.17 bits per heavy atom. The number of aliphatic hydroxyl groups is 2. The van der Waals surface area contributed by atoms with Gasteiger partial charge in [0.25, 0.3) is 0 Å². The Kier molecular flexibility index (Phi) is 11.5. The van der Waals surface area contributed by atoms with Crippen LogP contribution in [0.1, 0.15) is 79.9 Å². The molecule has 2 fully saturated rings. The van der Waals surface area contributed by atoms with Crippen LogP contribution in [0.5, 0.6) is 5.88 Å². The molecule has 0 amide bonds. The maximum absolute atomic E-state index is 14.2. The minimum atomic E-state index is -4.26. The second kappa shape index (κ2) is 14.7. The summed E-state index contributed by atoms with van der Waals surface area (Å²) in [5.74, 6) is -1.33. The first kappa shape index (κ1) is 36.9. The largest absolute Gasteiger partial charge is 0.479 e. The molecule has 17 nitrogen and oxygen atoms in total. The predicted octanol–water partition coefficient (Wildman–Crippen LogP) is 1.97. The molecule has 2 aromatic heterocycles. The molecule has 47 heavy (non-hydrogen) atoms. The van der Waals surface area contributed by atoms with Gasteiger partial charge in [0.15, 0.2) is 17.4 Å². The fraction of sp³-hybridized carbons (Fsp3) is 0.759. The molecule has 7 atom stereocenters. The number of aliphatic hydroxyl groups excluding tert-OH is 1. The van der Waals surface area contributed by atoms with Crippen LogP contribution < -0.4 is 20.6 Å². The number of hydrogen-bond donors (Lipinski definition) is 5. The number of esters is 2. The first-order valence-electron chi connectivity index (χ1n) is 15.7. The Labute approximate surface area is 273 Å². The number of aromatic nitrogens is 4. The van der Waals surface area contributed by atoms with Gasteiger partial charge in [0, 0.05) is 0 Å². The van der Waals surface area contributed by atoms with Crippen LogP contribution in [0.25, 0.3) is 11.2 Å². The number of nitrogens with two attached hydrogens (primary N) is 1. The summed E-state index contributed by atoms with van der Waals surface area (Å²) >= 11 is 0. The third-order valence-corrected chi connectivity index (χ3v) is 9.91. The Morgan fingerprint density at radius 2 is 1.81 bits per heavy atom. The van der Waals surface area contributed by atoms with Crippen LogP contribution in [0, 0.1) is 5.41 Å². The molecule has 1 saturated carbocycles. The van der Waals surface area contributed by atoms with Crippen molar-refractivity contribution in [3.63, 3.8) is 0 Å². The quantitative estimate of drug-likeness (QED) is 0.150. The maximum atomic E-state index is 14.2. The molecule has 0 bridgehead atoms.